The van der Waals surface area contributed by atoms with E-state index in [0.717, 1.165) is 33.6 Å². The highest BCUT2D eigenvalue weighted by Crippen LogP contribution is 2.28. The van der Waals surface area contributed by atoms with Crippen LogP contribution in [0.1, 0.15) is 35.3 Å². The molecule has 0 spiro atoms. The number of rotatable bonds is 8. The average molecular weight is 384 g/mol. The van der Waals surface area contributed by atoms with E-state index in [1.165, 1.54) is 34.2 Å². The SMILES string of the molecule is CCc1ccc(Nc2nnc(SCC(=O)c3ccc(CC)cc3)s2)cc1. The molecule has 1 heterocycles. The third-order valence-electron chi connectivity index (χ3n) is 4.03. The van der Waals surface area contributed by atoms with Gasteiger partial charge in [-0.05, 0) is 36.1 Å². The van der Waals surface area contributed by atoms with Gasteiger partial charge in [0.05, 0.1) is 5.75 Å². The molecule has 0 fully saturated rings. The minimum atomic E-state index is 0.109. The van der Waals surface area contributed by atoms with E-state index in [1.54, 1.807) is 0 Å². The number of hydrogen-bond acceptors (Lipinski definition) is 6. The number of nitrogens with one attached hydrogen (secondary N) is 1. The Morgan fingerprint density at radius 3 is 2.19 bits per heavy atom. The third kappa shape index (κ3) is 4.93. The molecule has 0 atom stereocenters. The molecular formula is C20H21N3OS2. The first-order valence-corrected chi connectivity index (χ1v) is 10.4. The Kier molecular flexibility index (Phi) is 6.41. The molecule has 0 saturated carbocycles. The van der Waals surface area contributed by atoms with Gasteiger partial charge in [0, 0.05) is 11.3 Å². The van der Waals surface area contributed by atoms with E-state index in [9.17, 15) is 4.79 Å². The number of ketones is 1. The van der Waals surface area contributed by atoms with Crippen LogP contribution >= 0.6 is 23.1 Å². The molecule has 0 saturated heterocycles. The second-order valence-corrected chi connectivity index (χ2v) is 8.01. The zero-order valence-corrected chi connectivity index (χ0v) is 16.5. The summed E-state index contributed by atoms with van der Waals surface area (Å²) in [6.07, 6.45) is 2.00. The zero-order chi connectivity index (χ0) is 18.4. The Bertz CT molecular complexity index is 858. The molecular weight excluding hydrogens is 362 g/mol. The molecule has 0 radical (unpaired) electrons. The fourth-order valence-corrected chi connectivity index (χ4v) is 4.07. The summed E-state index contributed by atoms with van der Waals surface area (Å²) in [6, 6.07) is 16.1. The monoisotopic (exact) mass is 383 g/mol. The van der Waals surface area contributed by atoms with Crippen LogP contribution in [0.3, 0.4) is 0 Å². The first kappa shape index (κ1) is 18.6. The lowest BCUT2D eigenvalue weighted by Gasteiger charge is -2.02. The lowest BCUT2D eigenvalue weighted by molar-refractivity contribution is 0.102. The molecule has 3 aromatic rings. The van der Waals surface area contributed by atoms with Crippen molar-refractivity contribution >= 4 is 39.7 Å². The maximum atomic E-state index is 12.3. The quantitative estimate of drug-likeness (QED) is 0.418. The zero-order valence-electron chi connectivity index (χ0n) is 14.9. The summed E-state index contributed by atoms with van der Waals surface area (Å²) in [6.45, 7) is 4.24. The fraction of sp³-hybridized carbons (Fsp3) is 0.250. The number of nitrogens with zero attached hydrogens (tertiary/aromatic N) is 2. The fourth-order valence-electron chi connectivity index (χ4n) is 2.40. The van der Waals surface area contributed by atoms with Crippen molar-refractivity contribution in [1.82, 2.24) is 10.2 Å². The standard InChI is InChI=1S/C20H21N3OS2/c1-3-14-5-9-16(10-6-14)18(24)13-25-20-23-22-19(26-20)21-17-11-7-15(4-2)8-12-17/h5-12H,3-4,13H2,1-2H3,(H,21,22). The van der Waals surface area contributed by atoms with E-state index >= 15 is 0 Å². The second kappa shape index (κ2) is 8.96. The minimum absolute atomic E-state index is 0.109. The normalized spacial score (nSPS) is 10.7. The number of anilines is 2. The molecule has 26 heavy (non-hydrogen) atoms. The van der Waals surface area contributed by atoms with Gasteiger partial charge in [0.1, 0.15) is 0 Å². The number of carbonyl (C=O) groups excluding carboxylic acids is 1. The van der Waals surface area contributed by atoms with E-state index in [1.807, 2.05) is 36.4 Å². The smallest absolute Gasteiger partial charge is 0.210 e. The number of benzene rings is 2. The van der Waals surface area contributed by atoms with Crippen LogP contribution in [0.15, 0.2) is 52.9 Å². The van der Waals surface area contributed by atoms with Gasteiger partial charge in [0.15, 0.2) is 10.1 Å². The minimum Gasteiger partial charge on any atom is -0.330 e. The van der Waals surface area contributed by atoms with Gasteiger partial charge in [-0.3, -0.25) is 4.79 Å². The van der Waals surface area contributed by atoms with Crippen molar-refractivity contribution in [2.45, 2.75) is 31.0 Å². The van der Waals surface area contributed by atoms with E-state index < -0.39 is 0 Å². The Morgan fingerprint density at radius 1 is 0.962 bits per heavy atom. The average Bonchev–Trinajstić information content (AvgIpc) is 3.14. The molecule has 6 heteroatoms. The predicted octanol–water partition coefficient (Wildman–Crippen LogP) is 5.38. The molecule has 0 aliphatic carbocycles. The van der Waals surface area contributed by atoms with Crippen molar-refractivity contribution in [3.8, 4) is 0 Å². The molecule has 2 aromatic carbocycles. The summed E-state index contributed by atoms with van der Waals surface area (Å²) in [7, 11) is 0. The van der Waals surface area contributed by atoms with Gasteiger partial charge in [-0.1, -0.05) is 73.3 Å². The van der Waals surface area contributed by atoms with Crippen LogP contribution in [0.4, 0.5) is 10.8 Å². The Hall–Kier alpha value is -2.18. The highest BCUT2D eigenvalue weighted by Gasteiger charge is 2.10. The van der Waals surface area contributed by atoms with Gasteiger partial charge in [-0.25, -0.2) is 0 Å². The Balaban J connectivity index is 1.54. The summed E-state index contributed by atoms with van der Waals surface area (Å²) in [5.74, 6) is 0.475. The highest BCUT2D eigenvalue weighted by atomic mass is 32.2. The molecule has 1 aromatic heterocycles. The molecule has 0 aliphatic heterocycles. The molecule has 134 valence electrons. The number of hydrogen-bond donors (Lipinski definition) is 1. The summed E-state index contributed by atoms with van der Waals surface area (Å²) < 4.78 is 0.788. The van der Waals surface area contributed by atoms with Crippen molar-refractivity contribution in [2.75, 3.05) is 11.1 Å². The Morgan fingerprint density at radius 2 is 1.58 bits per heavy atom. The number of aryl methyl sites for hydroxylation is 2. The van der Waals surface area contributed by atoms with Crippen LogP contribution < -0.4 is 5.32 Å². The van der Waals surface area contributed by atoms with Gasteiger partial charge in [0.25, 0.3) is 0 Å². The maximum absolute atomic E-state index is 12.3. The summed E-state index contributed by atoms with van der Waals surface area (Å²) in [5.41, 5.74) is 4.27. The Labute approximate surface area is 162 Å². The van der Waals surface area contributed by atoms with E-state index in [-0.39, 0.29) is 5.78 Å². The van der Waals surface area contributed by atoms with Crippen LogP contribution in [0, 0.1) is 0 Å². The van der Waals surface area contributed by atoms with Crippen molar-refractivity contribution in [2.24, 2.45) is 0 Å². The van der Waals surface area contributed by atoms with E-state index in [4.69, 9.17) is 0 Å². The summed E-state index contributed by atoms with van der Waals surface area (Å²) in [5, 5.41) is 12.3. The molecule has 0 amide bonds. The van der Waals surface area contributed by atoms with Crippen LogP contribution in [0.2, 0.25) is 0 Å². The van der Waals surface area contributed by atoms with Gasteiger partial charge < -0.3 is 5.32 Å². The number of aromatic nitrogens is 2. The van der Waals surface area contributed by atoms with Gasteiger partial charge in [-0.2, -0.15) is 0 Å². The van der Waals surface area contributed by atoms with Crippen molar-refractivity contribution in [3.63, 3.8) is 0 Å². The second-order valence-electron chi connectivity index (χ2n) is 5.81. The first-order chi connectivity index (χ1) is 12.7. The highest BCUT2D eigenvalue weighted by molar-refractivity contribution is 8.01. The lowest BCUT2D eigenvalue weighted by atomic mass is 10.1. The van der Waals surface area contributed by atoms with Crippen LogP contribution in [0.5, 0.6) is 0 Å². The molecule has 3 rings (SSSR count). The number of carbonyl (C=O) groups is 1. The molecule has 0 bridgehead atoms. The van der Waals surface area contributed by atoms with Crippen LogP contribution in [-0.2, 0) is 12.8 Å². The van der Waals surface area contributed by atoms with E-state index in [0.29, 0.717) is 5.75 Å². The van der Waals surface area contributed by atoms with Crippen molar-refractivity contribution in [1.29, 1.82) is 0 Å². The van der Waals surface area contributed by atoms with Crippen molar-refractivity contribution < 1.29 is 4.79 Å². The third-order valence-corrected chi connectivity index (χ3v) is 6.00. The van der Waals surface area contributed by atoms with E-state index in [2.05, 4.69) is 41.5 Å². The number of Topliss-reactive ketones (excluding diaryl/α,β-unsaturated/α-hetero) is 1. The van der Waals surface area contributed by atoms with Gasteiger partial charge in [0.2, 0.25) is 5.13 Å². The van der Waals surface area contributed by atoms with Gasteiger partial charge >= 0.3 is 0 Å². The van der Waals surface area contributed by atoms with Crippen LogP contribution in [-0.4, -0.2) is 21.7 Å². The van der Waals surface area contributed by atoms with Crippen LogP contribution in [0.25, 0.3) is 0 Å². The largest absolute Gasteiger partial charge is 0.330 e. The van der Waals surface area contributed by atoms with Gasteiger partial charge in [-0.15, -0.1) is 10.2 Å². The summed E-state index contributed by atoms with van der Waals surface area (Å²) in [4.78, 5) is 12.3. The maximum Gasteiger partial charge on any atom is 0.210 e. The molecule has 1 N–H and O–H groups in total. The first-order valence-electron chi connectivity index (χ1n) is 8.62. The number of thioether (sulfide) groups is 1. The molecule has 0 aliphatic rings. The summed E-state index contributed by atoms with van der Waals surface area (Å²) >= 11 is 2.88. The molecule has 0 unspecified atom stereocenters. The van der Waals surface area contributed by atoms with Crippen molar-refractivity contribution in [3.05, 3.63) is 65.2 Å². The molecule has 4 nitrogen and oxygen atoms in total. The topological polar surface area (TPSA) is 54.9 Å². The predicted molar refractivity (Wildman–Crippen MR) is 110 cm³/mol. The lowest BCUT2D eigenvalue weighted by Crippen LogP contribution is -2.02.